The number of benzene rings is 2. The number of nitrogens with zero attached hydrogens (tertiary/aromatic N) is 5. The molecule has 2 unspecified atom stereocenters. The highest BCUT2D eigenvalue weighted by Crippen LogP contribution is 2.57. The monoisotopic (exact) mass is 484 g/mol. The zero-order valence-electron chi connectivity index (χ0n) is 19.6. The first-order chi connectivity index (χ1) is 17.5. The van der Waals surface area contributed by atoms with Gasteiger partial charge in [-0.05, 0) is 41.6 Å². The number of rotatable bonds is 3. The molecule has 4 aromatic rings. The summed E-state index contributed by atoms with van der Waals surface area (Å²) in [5, 5.41) is 23.9. The minimum atomic E-state index is -0.994. The van der Waals surface area contributed by atoms with Gasteiger partial charge in [0.2, 0.25) is 5.88 Å². The second-order valence-corrected chi connectivity index (χ2v) is 10.0. The number of hydrogen-bond donors (Lipinski definition) is 2. The summed E-state index contributed by atoms with van der Waals surface area (Å²) in [6.45, 7) is 1.72. The smallest absolute Gasteiger partial charge is 0.272 e. The summed E-state index contributed by atoms with van der Waals surface area (Å²) >= 11 is 0. The van der Waals surface area contributed by atoms with Gasteiger partial charge in [-0.15, -0.1) is 0 Å². The van der Waals surface area contributed by atoms with Gasteiger partial charge in [-0.25, -0.2) is 4.98 Å². The highest BCUT2D eigenvalue weighted by Gasteiger charge is 2.68. The maximum Gasteiger partial charge on any atom is 0.272 e. The standard InChI is InChI=1S/C26H24N6O4/c1-36-23-16-5-3-2-4-14(16)8-22(27-23)25(34)32-12-19-17-10-31(11-18(17)26(19,35)13-32)24(33)15-6-7-20-21(9-15)29-30-28-20/h2-9,17-19,35H,10-13H2,1H3,(H,28,29,30)/t17-,18+,19?,26?/m0/s1. The molecule has 0 bridgehead atoms. The predicted octanol–water partition coefficient (Wildman–Crippen LogP) is 1.72. The molecule has 0 radical (unpaired) electrons. The van der Waals surface area contributed by atoms with E-state index in [-0.39, 0.29) is 36.1 Å². The molecule has 36 heavy (non-hydrogen) atoms. The Balaban J connectivity index is 1.09. The van der Waals surface area contributed by atoms with Crippen LogP contribution < -0.4 is 4.74 Å². The number of carbonyl (C=O) groups is 2. The Labute approximate surface area is 205 Å². The molecule has 2 saturated heterocycles. The molecule has 1 aliphatic carbocycles. The molecule has 2 amide bonds. The van der Waals surface area contributed by atoms with Crippen LogP contribution in [0.3, 0.4) is 0 Å². The first-order valence-electron chi connectivity index (χ1n) is 12.0. The van der Waals surface area contributed by atoms with Crippen molar-refractivity contribution in [3.05, 3.63) is 59.8 Å². The molecule has 10 nitrogen and oxygen atoms in total. The van der Waals surface area contributed by atoms with Crippen molar-refractivity contribution in [1.82, 2.24) is 30.2 Å². The molecule has 1 saturated carbocycles. The minimum absolute atomic E-state index is 0.0564. The third kappa shape index (κ3) is 2.91. The van der Waals surface area contributed by atoms with E-state index in [0.717, 1.165) is 10.8 Å². The van der Waals surface area contributed by atoms with Gasteiger partial charge in [0.05, 0.1) is 19.3 Å². The number of aromatic amines is 1. The molecule has 182 valence electrons. The van der Waals surface area contributed by atoms with Crippen molar-refractivity contribution >= 4 is 33.6 Å². The van der Waals surface area contributed by atoms with Crippen molar-refractivity contribution in [3.63, 3.8) is 0 Å². The third-order valence-electron chi connectivity index (χ3n) is 8.28. The summed E-state index contributed by atoms with van der Waals surface area (Å²) in [5.41, 5.74) is 1.22. The van der Waals surface area contributed by atoms with Crippen LogP contribution in [0.2, 0.25) is 0 Å². The largest absolute Gasteiger partial charge is 0.481 e. The molecule has 3 fully saturated rings. The van der Waals surface area contributed by atoms with E-state index in [1.807, 2.05) is 29.2 Å². The Morgan fingerprint density at radius 1 is 1.00 bits per heavy atom. The number of aliphatic hydroxyl groups is 1. The lowest BCUT2D eigenvalue weighted by Gasteiger charge is -2.50. The molecule has 2 N–H and O–H groups in total. The zero-order valence-corrected chi connectivity index (χ0v) is 19.6. The van der Waals surface area contributed by atoms with Crippen LogP contribution in [0.15, 0.2) is 48.5 Å². The number of aromatic nitrogens is 4. The lowest BCUT2D eigenvalue weighted by atomic mass is 9.56. The third-order valence-corrected chi connectivity index (χ3v) is 8.28. The number of ether oxygens (including phenoxy) is 1. The number of nitrogens with one attached hydrogen (secondary N) is 1. The summed E-state index contributed by atoms with van der Waals surface area (Å²) in [6, 6.07) is 14.7. The maximum atomic E-state index is 13.4. The summed E-state index contributed by atoms with van der Waals surface area (Å²) in [6.07, 6.45) is 0. The Hall–Kier alpha value is -4.05. The molecular weight excluding hydrogens is 460 g/mol. The summed E-state index contributed by atoms with van der Waals surface area (Å²) in [4.78, 5) is 34.6. The van der Waals surface area contributed by atoms with Crippen molar-refractivity contribution in [2.24, 2.45) is 17.8 Å². The number of methoxy groups -OCH3 is 1. The molecule has 7 rings (SSSR count). The number of likely N-dealkylation sites (tertiary alicyclic amines) is 2. The molecule has 4 atom stereocenters. The zero-order chi connectivity index (χ0) is 24.6. The quantitative estimate of drug-likeness (QED) is 0.454. The fourth-order valence-corrected chi connectivity index (χ4v) is 6.50. The van der Waals surface area contributed by atoms with Gasteiger partial charge in [-0.3, -0.25) is 9.59 Å². The number of H-pyrrole nitrogens is 1. The number of carbonyl (C=O) groups excluding carboxylic acids is 2. The molecule has 2 aromatic heterocycles. The molecule has 0 spiro atoms. The predicted molar refractivity (Wildman–Crippen MR) is 129 cm³/mol. The van der Waals surface area contributed by atoms with Crippen molar-refractivity contribution in [1.29, 1.82) is 0 Å². The number of β-amino-alcohol motifs (C(OH)–C–C–N with tert-alkyl or cyclic N) is 1. The van der Waals surface area contributed by atoms with Crippen molar-refractivity contribution < 1.29 is 19.4 Å². The number of fused-ring (bicyclic) bond motifs is 6. The normalized spacial score (nSPS) is 26.7. The van der Waals surface area contributed by atoms with Gasteiger partial charge >= 0.3 is 0 Å². The summed E-state index contributed by atoms with van der Waals surface area (Å²) in [5.74, 6) is 0.160. The van der Waals surface area contributed by atoms with Crippen LogP contribution in [-0.4, -0.2) is 86.0 Å². The van der Waals surface area contributed by atoms with Gasteiger partial charge in [-0.2, -0.15) is 15.4 Å². The van der Waals surface area contributed by atoms with E-state index < -0.39 is 5.60 Å². The van der Waals surface area contributed by atoms with E-state index >= 15 is 0 Å². The van der Waals surface area contributed by atoms with Crippen LogP contribution in [0.4, 0.5) is 0 Å². The first kappa shape index (κ1) is 21.3. The second kappa shape index (κ2) is 7.47. The summed E-state index contributed by atoms with van der Waals surface area (Å²) in [7, 11) is 1.54. The van der Waals surface area contributed by atoms with Crippen LogP contribution in [0, 0.1) is 17.8 Å². The topological polar surface area (TPSA) is 125 Å². The van der Waals surface area contributed by atoms with Gasteiger partial charge in [0.25, 0.3) is 11.8 Å². The lowest BCUT2D eigenvalue weighted by molar-refractivity contribution is -0.145. The number of amides is 2. The van der Waals surface area contributed by atoms with Crippen molar-refractivity contribution in [3.8, 4) is 5.88 Å². The van der Waals surface area contributed by atoms with Gasteiger partial charge in [0, 0.05) is 42.4 Å². The van der Waals surface area contributed by atoms with E-state index in [0.29, 0.717) is 47.8 Å². The van der Waals surface area contributed by atoms with Crippen LogP contribution in [0.1, 0.15) is 20.8 Å². The molecular formula is C26H24N6O4. The molecule has 2 aromatic carbocycles. The van der Waals surface area contributed by atoms with E-state index in [1.54, 1.807) is 36.3 Å². The number of hydrogen-bond acceptors (Lipinski definition) is 7. The van der Waals surface area contributed by atoms with Crippen LogP contribution >= 0.6 is 0 Å². The first-order valence-corrected chi connectivity index (χ1v) is 12.0. The van der Waals surface area contributed by atoms with E-state index in [1.165, 1.54) is 0 Å². The van der Waals surface area contributed by atoms with Gasteiger partial charge < -0.3 is 19.6 Å². The van der Waals surface area contributed by atoms with Gasteiger partial charge in [0.15, 0.2) is 0 Å². The van der Waals surface area contributed by atoms with E-state index in [4.69, 9.17) is 4.74 Å². The second-order valence-electron chi connectivity index (χ2n) is 10.0. The highest BCUT2D eigenvalue weighted by atomic mass is 16.5. The molecule has 2 aliphatic heterocycles. The Kier molecular flexibility index (Phi) is 4.41. The lowest BCUT2D eigenvalue weighted by Crippen LogP contribution is -2.61. The fraction of sp³-hybridized carbons (Fsp3) is 0.346. The average molecular weight is 485 g/mol. The highest BCUT2D eigenvalue weighted by molar-refractivity contribution is 5.99. The Morgan fingerprint density at radius 3 is 2.61 bits per heavy atom. The van der Waals surface area contributed by atoms with Crippen LogP contribution in [-0.2, 0) is 0 Å². The molecule has 3 aliphatic rings. The molecule has 4 heterocycles. The van der Waals surface area contributed by atoms with Gasteiger partial charge in [-0.1, -0.05) is 18.2 Å². The Morgan fingerprint density at radius 2 is 1.78 bits per heavy atom. The number of pyridine rings is 1. The van der Waals surface area contributed by atoms with Crippen molar-refractivity contribution in [2.45, 2.75) is 5.60 Å². The van der Waals surface area contributed by atoms with Crippen molar-refractivity contribution in [2.75, 3.05) is 33.3 Å². The van der Waals surface area contributed by atoms with E-state index in [2.05, 4.69) is 20.4 Å². The SMILES string of the molecule is COc1nc(C(=O)N2CC3[C@H]4CN(C(=O)c5ccc6n[nH]nc6c5)C[C@H]4C3(O)C2)cc2ccccc12. The maximum absolute atomic E-state index is 13.4. The van der Waals surface area contributed by atoms with Gasteiger partial charge in [0.1, 0.15) is 16.7 Å². The minimum Gasteiger partial charge on any atom is -0.481 e. The Bertz CT molecular complexity index is 1550. The molecule has 10 heteroatoms. The van der Waals surface area contributed by atoms with Crippen LogP contribution in [0.25, 0.3) is 21.8 Å². The van der Waals surface area contributed by atoms with E-state index in [9.17, 15) is 14.7 Å². The fourth-order valence-electron chi connectivity index (χ4n) is 6.50. The van der Waals surface area contributed by atoms with Crippen LogP contribution in [0.5, 0.6) is 5.88 Å². The average Bonchev–Trinajstić information content (AvgIpc) is 3.61. The summed E-state index contributed by atoms with van der Waals surface area (Å²) < 4.78 is 5.43.